The number of aromatic amines is 1. The summed E-state index contributed by atoms with van der Waals surface area (Å²) in [4.78, 5) is 33.1. The summed E-state index contributed by atoms with van der Waals surface area (Å²) in [6.07, 6.45) is 5.95. The Balaban J connectivity index is 1.15. The number of imidazole rings is 1. The highest BCUT2D eigenvalue weighted by molar-refractivity contribution is 5.88. The minimum Gasteiger partial charge on any atom is -0.481 e. The standard InChI is InChI=1S/C26H29N7O3/c34-23(9-4-11-32-13-16-35-17-14-32)33-12-10-20(18-33)29-25-24-26(28-19-27-25)31-22(30-24)8-5-15-36-21-6-2-1-3-7-21/h1-4,6-7,9,19-20H,10-18H2,(H2,27,28,29,30,31). The summed E-state index contributed by atoms with van der Waals surface area (Å²) in [6.45, 7) is 5.66. The van der Waals surface area contributed by atoms with Crippen molar-refractivity contribution in [2.75, 3.05) is 57.9 Å². The molecule has 0 saturated carbocycles. The maximum atomic E-state index is 12.6. The van der Waals surface area contributed by atoms with Crippen LogP contribution in [0.25, 0.3) is 11.2 Å². The van der Waals surface area contributed by atoms with Crippen LogP contribution in [0.1, 0.15) is 12.2 Å². The summed E-state index contributed by atoms with van der Waals surface area (Å²) in [5.41, 5.74) is 1.23. The van der Waals surface area contributed by atoms with Crippen molar-refractivity contribution < 1.29 is 14.3 Å². The second kappa shape index (κ2) is 11.7. The molecule has 2 aromatic heterocycles. The van der Waals surface area contributed by atoms with E-state index >= 15 is 0 Å². The van der Waals surface area contributed by atoms with Gasteiger partial charge in [0.2, 0.25) is 5.91 Å². The molecule has 186 valence electrons. The largest absolute Gasteiger partial charge is 0.481 e. The number of nitrogens with zero attached hydrogens (tertiary/aromatic N) is 5. The van der Waals surface area contributed by atoms with Gasteiger partial charge in [-0.1, -0.05) is 30.2 Å². The van der Waals surface area contributed by atoms with Gasteiger partial charge in [-0.3, -0.25) is 9.69 Å². The first-order chi connectivity index (χ1) is 17.7. The van der Waals surface area contributed by atoms with Gasteiger partial charge in [0.05, 0.1) is 13.2 Å². The first kappa shape index (κ1) is 23.8. The van der Waals surface area contributed by atoms with E-state index in [0.29, 0.717) is 35.9 Å². The van der Waals surface area contributed by atoms with Gasteiger partial charge in [-0.05, 0) is 24.5 Å². The Labute approximate surface area is 209 Å². The summed E-state index contributed by atoms with van der Waals surface area (Å²) in [6, 6.07) is 9.62. The lowest BCUT2D eigenvalue weighted by Gasteiger charge is -2.25. The molecule has 2 saturated heterocycles. The fourth-order valence-electron chi connectivity index (χ4n) is 4.21. The molecule has 1 aromatic carbocycles. The van der Waals surface area contributed by atoms with Crippen molar-refractivity contribution >= 4 is 22.9 Å². The van der Waals surface area contributed by atoms with E-state index in [1.54, 1.807) is 6.08 Å². The van der Waals surface area contributed by atoms with Crippen molar-refractivity contribution in [3.05, 3.63) is 54.6 Å². The SMILES string of the molecule is O=C(C=CCN1CCOCC1)N1CCC(Nc2ncnc3[nH]c(C#CCOc4ccccc4)nc23)C1. The Bertz CT molecular complexity index is 1260. The van der Waals surface area contributed by atoms with E-state index in [2.05, 4.69) is 42.0 Å². The quantitative estimate of drug-likeness (QED) is 0.383. The van der Waals surface area contributed by atoms with Gasteiger partial charge >= 0.3 is 0 Å². The number of likely N-dealkylation sites (tertiary alicyclic amines) is 1. The number of H-pyrrole nitrogens is 1. The number of para-hydroxylation sites is 1. The number of anilines is 1. The molecule has 3 aromatic rings. The van der Waals surface area contributed by atoms with E-state index in [1.807, 2.05) is 41.3 Å². The van der Waals surface area contributed by atoms with Crippen molar-refractivity contribution in [2.24, 2.45) is 0 Å². The molecule has 5 rings (SSSR count). The lowest BCUT2D eigenvalue weighted by molar-refractivity contribution is -0.125. The van der Waals surface area contributed by atoms with Crippen LogP contribution in [0.2, 0.25) is 0 Å². The highest BCUT2D eigenvalue weighted by atomic mass is 16.5. The van der Waals surface area contributed by atoms with E-state index in [0.717, 1.165) is 45.0 Å². The average molecular weight is 488 g/mol. The highest BCUT2D eigenvalue weighted by Gasteiger charge is 2.26. The topological polar surface area (TPSA) is 108 Å². The van der Waals surface area contributed by atoms with Crippen molar-refractivity contribution in [1.82, 2.24) is 29.7 Å². The zero-order chi connectivity index (χ0) is 24.6. The third kappa shape index (κ3) is 6.19. The van der Waals surface area contributed by atoms with Crippen LogP contribution in [-0.2, 0) is 9.53 Å². The summed E-state index contributed by atoms with van der Waals surface area (Å²) >= 11 is 0. The predicted molar refractivity (Wildman–Crippen MR) is 136 cm³/mol. The molecule has 1 amide bonds. The number of amides is 1. The number of rotatable bonds is 7. The zero-order valence-electron chi connectivity index (χ0n) is 20.0. The molecule has 10 heteroatoms. The molecule has 0 spiro atoms. The Kier molecular flexibility index (Phi) is 7.70. The molecule has 2 fully saturated rings. The number of benzene rings is 1. The summed E-state index contributed by atoms with van der Waals surface area (Å²) in [5, 5.41) is 3.43. The maximum Gasteiger partial charge on any atom is 0.246 e. The minimum absolute atomic E-state index is 0.0374. The Morgan fingerprint density at radius 3 is 2.94 bits per heavy atom. The third-order valence-electron chi connectivity index (χ3n) is 6.11. The van der Waals surface area contributed by atoms with E-state index in [4.69, 9.17) is 9.47 Å². The average Bonchev–Trinajstić information content (AvgIpc) is 3.55. The van der Waals surface area contributed by atoms with Gasteiger partial charge in [-0.2, -0.15) is 0 Å². The number of fused-ring (bicyclic) bond motifs is 1. The predicted octanol–water partition coefficient (Wildman–Crippen LogP) is 1.68. The van der Waals surface area contributed by atoms with E-state index in [-0.39, 0.29) is 18.6 Å². The van der Waals surface area contributed by atoms with E-state index < -0.39 is 0 Å². The number of carbonyl (C=O) groups is 1. The monoisotopic (exact) mass is 487 g/mol. The number of aromatic nitrogens is 4. The maximum absolute atomic E-state index is 12.6. The molecule has 36 heavy (non-hydrogen) atoms. The fourth-order valence-corrected chi connectivity index (χ4v) is 4.21. The fraction of sp³-hybridized carbons (Fsp3) is 0.385. The van der Waals surface area contributed by atoms with Crippen LogP contribution in [0.15, 0.2) is 48.8 Å². The summed E-state index contributed by atoms with van der Waals surface area (Å²) < 4.78 is 11.0. The third-order valence-corrected chi connectivity index (χ3v) is 6.11. The van der Waals surface area contributed by atoms with Crippen LogP contribution in [0.4, 0.5) is 5.82 Å². The minimum atomic E-state index is 0.0374. The molecule has 10 nitrogen and oxygen atoms in total. The van der Waals surface area contributed by atoms with Crippen LogP contribution in [0, 0.1) is 11.8 Å². The lowest BCUT2D eigenvalue weighted by Crippen LogP contribution is -2.36. The Morgan fingerprint density at radius 1 is 1.22 bits per heavy atom. The van der Waals surface area contributed by atoms with Crippen molar-refractivity contribution in [3.8, 4) is 17.6 Å². The number of morpholine rings is 1. The van der Waals surface area contributed by atoms with Gasteiger partial charge in [0, 0.05) is 44.8 Å². The Hall–Kier alpha value is -3.94. The van der Waals surface area contributed by atoms with Crippen LogP contribution in [0.5, 0.6) is 5.75 Å². The van der Waals surface area contributed by atoms with Gasteiger partial charge in [-0.25, -0.2) is 15.0 Å². The van der Waals surface area contributed by atoms with Gasteiger partial charge in [-0.15, -0.1) is 0 Å². The molecule has 0 aliphatic carbocycles. The lowest BCUT2D eigenvalue weighted by atomic mass is 10.2. The molecule has 2 N–H and O–H groups in total. The first-order valence-electron chi connectivity index (χ1n) is 12.1. The van der Waals surface area contributed by atoms with Gasteiger partial charge in [0.15, 0.2) is 22.8 Å². The number of ether oxygens (including phenoxy) is 2. The number of hydrogen-bond acceptors (Lipinski definition) is 8. The molecule has 1 unspecified atom stereocenters. The summed E-state index contributed by atoms with van der Waals surface area (Å²) in [5.74, 6) is 7.88. The van der Waals surface area contributed by atoms with E-state index in [1.165, 1.54) is 6.33 Å². The van der Waals surface area contributed by atoms with Gasteiger partial charge in [0.25, 0.3) is 0 Å². The van der Waals surface area contributed by atoms with Crippen LogP contribution >= 0.6 is 0 Å². The van der Waals surface area contributed by atoms with Crippen LogP contribution < -0.4 is 10.1 Å². The second-order valence-corrected chi connectivity index (χ2v) is 8.64. The van der Waals surface area contributed by atoms with Crippen LogP contribution in [0.3, 0.4) is 0 Å². The van der Waals surface area contributed by atoms with E-state index in [9.17, 15) is 4.79 Å². The Morgan fingerprint density at radius 2 is 2.08 bits per heavy atom. The number of carbonyl (C=O) groups excluding carboxylic acids is 1. The first-order valence-corrected chi connectivity index (χ1v) is 12.1. The normalized spacial score (nSPS) is 18.3. The zero-order valence-corrected chi connectivity index (χ0v) is 20.0. The molecular weight excluding hydrogens is 458 g/mol. The van der Waals surface area contributed by atoms with Crippen molar-refractivity contribution in [3.63, 3.8) is 0 Å². The van der Waals surface area contributed by atoms with Crippen molar-refractivity contribution in [1.29, 1.82) is 0 Å². The molecule has 2 aliphatic heterocycles. The van der Waals surface area contributed by atoms with Crippen molar-refractivity contribution in [2.45, 2.75) is 12.5 Å². The smallest absolute Gasteiger partial charge is 0.246 e. The summed E-state index contributed by atoms with van der Waals surface area (Å²) in [7, 11) is 0. The number of nitrogens with one attached hydrogen (secondary N) is 2. The van der Waals surface area contributed by atoms with Crippen LogP contribution in [-0.4, -0.2) is 94.2 Å². The molecular formula is C26H29N7O3. The molecule has 4 heterocycles. The molecule has 0 radical (unpaired) electrons. The molecule has 1 atom stereocenters. The molecule has 0 bridgehead atoms. The highest BCUT2D eigenvalue weighted by Crippen LogP contribution is 2.20. The second-order valence-electron chi connectivity index (χ2n) is 8.64. The number of hydrogen-bond donors (Lipinski definition) is 2. The van der Waals surface area contributed by atoms with Gasteiger partial charge < -0.3 is 24.7 Å². The van der Waals surface area contributed by atoms with Gasteiger partial charge in [0.1, 0.15) is 18.7 Å². The molecule has 2 aliphatic rings.